The number of aromatic hydroxyl groups is 2. The Hall–Kier alpha value is -2.28. The summed E-state index contributed by atoms with van der Waals surface area (Å²) in [4.78, 5) is 0. The van der Waals surface area contributed by atoms with Crippen LogP contribution in [0.1, 0.15) is 0 Å². The Bertz CT molecular complexity index is 741. The lowest BCUT2D eigenvalue weighted by Crippen LogP contribution is -1.98. The Balaban J connectivity index is 2.39. The zero-order chi connectivity index (χ0) is 12.7. The number of fused-ring (bicyclic) bond motifs is 1. The molecule has 0 unspecified atom stereocenters. The van der Waals surface area contributed by atoms with E-state index in [4.69, 9.17) is 0 Å². The highest BCUT2D eigenvalue weighted by atomic mass is 32.1. The summed E-state index contributed by atoms with van der Waals surface area (Å²) in [7, 11) is 0. The zero-order valence-corrected chi connectivity index (χ0v) is 9.91. The molecule has 0 radical (unpaired) electrons. The molecule has 0 saturated carbocycles. The van der Waals surface area contributed by atoms with Crippen LogP contribution in [0.15, 0.2) is 35.5 Å². The van der Waals surface area contributed by atoms with E-state index in [1.54, 1.807) is 24.3 Å². The van der Waals surface area contributed by atoms with E-state index in [1.807, 2.05) is 0 Å². The Morgan fingerprint density at radius 3 is 2.50 bits per heavy atom. The molecule has 90 valence electrons. The minimum atomic E-state index is -0.00833. The third kappa shape index (κ3) is 1.48. The maximum absolute atomic E-state index is 10.2. The minimum Gasteiger partial charge on any atom is -0.507 e. The van der Waals surface area contributed by atoms with Gasteiger partial charge >= 0.3 is 0 Å². The van der Waals surface area contributed by atoms with Gasteiger partial charge < -0.3 is 10.2 Å². The van der Waals surface area contributed by atoms with Gasteiger partial charge in [-0.1, -0.05) is 24.3 Å². The second-order valence-electron chi connectivity index (χ2n) is 3.70. The van der Waals surface area contributed by atoms with Gasteiger partial charge in [0.15, 0.2) is 0 Å². The van der Waals surface area contributed by atoms with Crippen LogP contribution in [0.3, 0.4) is 0 Å². The average molecular weight is 260 g/mol. The molecular weight excluding hydrogens is 252 g/mol. The minimum absolute atomic E-state index is 0.00833. The molecule has 18 heavy (non-hydrogen) atoms. The molecule has 3 aromatic rings. The second-order valence-corrected chi connectivity index (χ2v) is 4.10. The predicted molar refractivity (Wildman–Crippen MR) is 67.2 cm³/mol. The number of tetrazole rings is 1. The van der Waals surface area contributed by atoms with E-state index in [9.17, 15) is 10.2 Å². The van der Waals surface area contributed by atoms with Crippen molar-refractivity contribution in [1.29, 1.82) is 0 Å². The van der Waals surface area contributed by atoms with Gasteiger partial charge in [0.1, 0.15) is 17.2 Å². The highest BCUT2D eigenvalue weighted by Gasteiger charge is 2.15. The normalized spacial score (nSPS) is 10.9. The first-order valence-electron chi connectivity index (χ1n) is 5.10. The number of thiol groups is 1. The number of phenols is 2. The molecule has 1 aromatic heterocycles. The predicted octanol–water partition coefficient (Wildman–Crippen LogP) is 1.52. The molecule has 1 heterocycles. The molecule has 0 fully saturated rings. The molecular formula is C11H8N4O2S. The molecule has 2 aromatic carbocycles. The number of benzene rings is 2. The summed E-state index contributed by atoms with van der Waals surface area (Å²) in [5.41, 5.74) is 0.279. The first kappa shape index (κ1) is 10.8. The average Bonchev–Trinajstić information content (AvgIpc) is 2.80. The number of nitrogens with zero attached hydrogens (tertiary/aromatic N) is 4. The number of phenolic OH excluding ortho intramolecular Hbond substituents is 2. The number of hydrogen-bond donors (Lipinski definition) is 3. The lowest BCUT2D eigenvalue weighted by molar-refractivity contribution is 0.463. The van der Waals surface area contributed by atoms with Gasteiger partial charge in [-0.15, -0.1) is 17.7 Å². The van der Waals surface area contributed by atoms with Crippen molar-refractivity contribution in [2.75, 3.05) is 0 Å². The number of hydrogen-bond acceptors (Lipinski definition) is 6. The van der Waals surface area contributed by atoms with E-state index in [1.165, 1.54) is 10.7 Å². The highest BCUT2D eigenvalue weighted by molar-refractivity contribution is 7.80. The lowest BCUT2D eigenvalue weighted by Gasteiger charge is -2.09. The fourth-order valence-electron chi connectivity index (χ4n) is 1.83. The molecule has 0 saturated heterocycles. The van der Waals surface area contributed by atoms with Crippen LogP contribution in [0.2, 0.25) is 0 Å². The van der Waals surface area contributed by atoms with Crippen LogP contribution >= 0.6 is 12.6 Å². The standard InChI is InChI=1S/C11H8N4O2S/c16-9-5-8(15-11(18)12-13-14-15)10(17)7-4-2-1-3-6(7)9/h1-5,16-17H,(H,12,14,18). The summed E-state index contributed by atoms with van der Waals surface area (Å²) >= 11 is 4.07. The van der Waals surface area contributed by atoms with E-state index >= 15 is 0 Å². The molecule has 0 aliphatic carbocycles. The van der Waals surface area contributed by atoms with Gasteiger partial charge in [-0.3, -0.25) is 0 Å². The fourth-order valence-corrected chi connectivity index (χ4v) is 2.01. The smallest absolute Gasteiger partial charge is 0.211 e. The Kier molecular flexibility index (Phi) is 2.34. The Labute approximate surface area is 107 Å². The van der Waals surface area contributed by atoms with Crippen molar-refractivity contribution in [2.45, 2.75) is 5.16 Å². The van der Waals surface area contributed by atoms with Gasteiger partial charge in [0.25, 0.3) is 0 Å². The highest BCUT2D eigenvalue weighted by Crippen LogP contribution is 2.37. The van der Waals surface area contributed by atoms with Gasteiger partial charge in [0.05, 0.1) is 0 Å². The van der Waals surface area contributed by atoms with Gasteiger partial charge in [-0.2, -0.15) is 4.68 Å². The Morgan fingerprint density at radius 1 is 1.11 bits per heavy atom. The monoisotopic (exact) mass is 260 g/mol. The molecule has 3 rings (SSSR count). The van der Waals surface area contributed by atoms with Crippen molar-refractivity contribution in [3.8, 4) is 17.2 Å². The topological polar surface area (TPSA) is 84.1 Å². The molecule has 0 spiro atoms. The molecule has 0 atom stereocenters. The van der Waals surface area contributed by atoms with Gasteiger partial charge in [-0.05, 0) is 10.4 Å². The summed E-state index contributed by atoms with van der Waals surface area (Å²) in [6.45, 7) is 0. The first-order valence-corrected chi connectivity index (χ1v) is 5.54. The van der Waals surface area contributed by atoms with E-state index < -0.39 is 0 Å². The van der Waals surface area contributed by atoms with Crippen LogP contribution in [-0.2, 0) is 0 Å². The molecule has 6 nitrogen and oxygen atoms in total. The van der Waals surface area contributed by atoms with Crippen LogP contribution in [0.25, 0.3) is 16.5 Å². The summed E-state index contributed by atoms with van der Waals surface area (Å²) < 4.78 is 1.24. The largest absolute Gasteiger partial charge is 0.507 e. The van der Waals surface area contributed by atoms with Crippen LogP contribution < -0.4 is 0 Å². The van der Waals surface area contributed by atoms with Crippen molar-refractivity contribution in [2.24, 2.45) is 0 Å². The maximum atomic E-state index is 10.2. The van der Waals surface area contributed by atoms with Crippen LogP contribution in [0, 0.1) is 0 Å². The molecule has 0 aliphatic heterocycles. The SMILES string of the molecule is Oc1cc(-n2nnnc2S)c(O)c2ccccc12. The molecule has 0 bridgehead atoms. The fraction of sp³-hybridized carbons (Fsp3) is 0. The van der Waals surface area contributed by atoms with E-state index in [0.717, 1.165) is 0 Å². The third-order valence-electron chi connectivity index (χ3n) is 2.66. The molecule has 0 aliphatic rings. The van der Waals surface area contributed by atoms with Crippen LogP contribution in [-0.4, -0.2) is 30.4 Å². The second kappa shape index (κ2) is 3.88. The van der Waals surface area contributed by atoms with Crippen molar-refractivity contribution >= 4 is 23.4 Å². The van der Waals surface area contributed by atoms with Crippen molar-refractivity contribution in [3.05, 3.63) is 30.3 Å². The van der Waals surface area contributed by atoms with E-state index in [-0.39, 0.29) is 22.3 Å². The lowest BCUT2D eigenvalue weighted by atomic mass is 10.1. The zero-order valence-electron chi connectivity index (χ0n) is 9.02. The number of rotatable bonds is 1. The number of aromatic nitrogens is 4. The van der Waals surface area contributed by atoms with Gasteiger partial charge in [-0.25, -0.2) is 0 Å². The van der Waals surface area contributed by atoms with Crippen LogP contribution in [0.4, 0.5) is 0 Å². The van der Waals surface area contributed by atoms with E-state index in [2.05, 4.69) is 28.2 Å². The van der Waals surface area contributed by atoms with Gasteiger partial charge in [0.2, 0.25) is 5.16 Å². The molecule has 0 amide bonds. The van der Waals surface area contributed by atoms with Gasteiger partial charge in [0, 0.05) is 16.8 Å². The first-order chi connectivity index (χ1) is 8.68. The molecule has 7 heteroatoms. The van der Waals surface area contributed by atoms with Crippen molar-refractivity contribution in [3.63, 3.8) is 0 Å². The maximum Gasteiger partial charge on any atom is 0.211 e. The summed E-state index contributed by atoms with van der Waals surface area (Å²) in [5, 5.41) is 32.2. The summed E-state index contributed by atoms with van der Waals surface area (Å²) in [6.07, 6.45) is 0. The van der Waals surface area contributed by atoms with Crippen molar-refractivity contribution in [1.82, 2.24) is 20.2 Å². The quantitative estimate of drug-likeness (QED) is 0.456. The van der Waals surface area contributed by atoms with Crippen molar-refractivity contribution < 1.29 is 10.2 Å². The Morgan fingerprint density at radius 2 is 1.83 bits per heavy atom. The summed E-state index contributed by atoms with van der Waals surface area (Å²) in [5.74, 6) is 0.0348. The van der Waals surface area contributed by atoms with E-state index in [0.29, 0.717) is 10.8 Å². The van der Waals surface area contributed by atoms with Crippen LogP contribution in [0.5, 0.6) is 11.5 Å². The molecule has 2 N–H and O–H groups in total. The third-order valence-corrected chi connectivity index (χ3v) is 2.93. The summed E-state index contributed by atoms with van der Waals surface area (Å²) in [6, 6.07) is 8.37.